The number of aryl methyl sites for hydroxylation is 1. The van der Waals surface area contributed by atoms with Crippen LogP contribution in [0.2, 0.25) is 0 Å². The van der Waals surface area contributed by atoms with E-state index in [-0.39, 0.29) is 0 Å². The number of likely N-dealkylation sites (N-methyl/N-ethyl adjacent to an activating group) is 1. The number of rotatable bonds is 6. The molecule has 0 spiro atoms. The number of nitrogens with zero attached hydrogens (tertiary/aromatic N) is 4. The first-order valence-corrected chi connectivity index (χ1v) is 7.12. The van der Waals surface area contributed by atoms with Crippen LogP contribution in [-0.4, -0.2) is 63.8 Å². The van der Waals surface area contributed by atoms with E-state index in [0.29, 0.717) is 0 Å². The van der Waals surface area contributed by atoms with E-state index in [9.17, 15) is 5.11 Å². The lowest BCUT2D eigenvalue weighted by atomic mass is 10.0. The molecule has 2 rings (SSSR count). The van der Waals surface area contributed by atoms with Gasteiger partial charge in [-0.1, -0.05) is 6.92 Å². The van der Waals surface area contributed by atoms with Gasteiger partial charge in [-0.3, -0.25) is 4.90 Å². The summed E-state index contributed by atoms with van der Waals surface area (Å²) in [7, 11) is 4.02. The Labute approximate surface area is 115 Å². The van der Waals surface area contributed by atoms with Gasteiger partial charge in [0.05, 0.1) is 12.1 Å². The Morgan fingerprint density at radius 3 is 2.95 bits per heavy atom. The van der Waals surface area contributed by atoms with Crippen LogP contribution in [-0.2, 0) is 13.1 Å². The van der Waals surface area contributed by atoms with Crippen molar-refractivity contribution in [3.63, 3.8) is 0 Å². The SMILES string of the molecule is CCCn1ccnc1CN1CCC(O)(CN(C)C)C1. The third kappa shape index (κ3) is 3.78. The monoisotopic (exact) mass is 266 g/mol. The molecule has 1 N–H and O–H groups in total. The van der Waals surface area contributed by atoms with E-state index in [1.165, 1.54) is 0 Å². The van der Waals surface area contributed by atoms with E-state index in [1.54, 1.807) is 0 Å². The van der Waals surface area contributed by atoms with Crippen LogP contribution >= 0.6 is 0 Å². The highest BCUT2D eigenvalue weighted by Gasteiger charge is 2.36. The molecular formula is C14H26N4O. The summed E-state index contributed by atoms with van der Waals surface area (Å²) in [5.74, 6) is 1.11. The minimum absolute atomic E-state index is 0.564. The molecule has 0 radical (unpaired) electrons. The summed E-state index contributed by atoms with van der Waals surface area (Å²) < 4.78 is 2.21. The van der Waals surface area contributed by atoms with E-state index in [4.69, 9.17) is 0 Å². The van der Waals surface area contributed by atoms with Gasteiger partial charge in [0, 0.05) is 38.6 Å². The average molecular weight is 266 g/mol. The topological polar surface area (TPSA) is 44.5 Å². The Hall–Kier alpha value is -0.910. The van der Waals surface area contributed by atoms with Crippen molar-refractivity contribution >= 4 is 0 Å². The number of imidazole rings is 1. The summed E-state index contributed by atoms with van der Waals surface area (Å²) in [6.07, 6.45) is 5.88. The van der Waals surface area contributed by atoms with Gasteiger partial charge in [0.1, 0.15) is 5.82 Å². The molecule has 1 fully saturated rings. The zero-order valence-electron chi connectivity index (χ0n) is 12.3. The normalized spacial score (nSPS) is 24.5. The van der Waals surface area contributed by atoms with E-state index in [2.05, 4.69) is 26.3 Å². The Balaban J connectivity index is 1.92. The maximum Gasteiger partial charge on any atom is 0.122 e. The zero-order chi connectivity index (χ0) is 13.9. The number of aromatic nitrogens is 2. The van der Waals surface area contributed by atoms with Crippen molar-refractivity contribution in [1.82, 2.24) is 19.4 Å². The van der Waals surface area contributed by atoms with Crippen LogP contribution in [0.5, 0.6) is 0 Å². The van der Waals surface area contributed by atoms with Gasteiger partial charge in [-0.2, -0.15) is 0 Å². The third-order valence-electron chi connectivity index (χ3n) is 3.65. The van der Waals surface area contributed by atoms with Crippen molar-refractivity contribution in [2.24, 2.45) is 0 Å². The summed E-state index contributed by atoms with van der Waals surface area (Å²) in [6, 6.07) is 0. The molecule has 1 saturated heterocycles. The minimum Gasteiger partial charge on any atom is -0.387 e. The maximum absolute atomic E-state index is 10.5. The van der Waals surface area contributed by atoms with Gasteiger partial charge < -0.3 is 14.6 Å². The number of β-amino-alcohol motifs (C(OH)–C–C–N with tert-alkyl or cyclic N) is 1. The Kier molecular flexibility index (Phi) is 4.60. The van der Waals surface area contributed by atoms with Crippen molar-refractivity contribution in [2.45, 2.75) is 38.5 Å². The molecule has 5 heteroatoms. The van der Waals surface area contributed by atoms with Crippen molar-refractivity contribution in [1.29, 1.82) is 0 Å². The molecule has 1 aliphatic heterocycles. The molecule has 1 atom stereocenters. The minimum atomic E-state index is -0.564. The summed E-state index contributed by atoms with van der Waals surface area (Å²) >= 11 is 0. The molecule has 0 amide bonds. The van der Waals surface area contributed by atoms with Gasteiger partial charge in [0.2, 0.25) is 0 Å². The number of likely N-dealkylation sites (tertiary alicyclic amines) is 1. The lowest BCUT2D eigenvalue weighted by Gasteiger charge is -2.26. The van der Waals surface area contributed by atoms with Gasteiger partial charge in [-0.15, -0.1) is 0 Å². The van der Waals surface area contributed by atoms with Crippen molar-refractivity contribution in [2.75, 3.05) is 33.7 Å². The quantitative estimate of drug-likeness (QED) is 0.827. The summed E-state index contributed by atoms with van der Waals surface area (Å²) in [4.78, 5) is 8.80. The van der Waals surface area contributed by atoms with Gasteiger partial charge in [-0.25, -0.2) is 4.98 Å². The Morgan fingerprint density at radius 2 is 2.26 bits per heavy atom. The predicted octanol–water partition coefficient (Wildman–Crippen LogP) is 0.791. The largest absolute Gasteiger partial charge is 0.387 e. The highest BCUT2D eigenvalue weighted by atomic mass is 16.3. The third-order valence-corrected chi connectivity index (χ3v) is 3.65. The van der Waals surface area contributed by atoms with E-state index < -0.39 is 5.60 Å². The molecule has 19 heavy (non-hydrogen) atoms. The summed E-state index contributed by atoms with van der Waals surface area (Å²) in [6.45, 7) is 6.45. The maximum atomic E-state index is 10.5. The lowest BCUT2D eigenvalue weighted by molar-refractivity contribution is 0.0237. The zero-order valence-corrected chi connectivity index (χ0v) is 12.3. The second-order valence-corrected chi connectivity index (χ2v) is 5.96. The summed E-state index contributed by atoms with van der Waals surface area (Å²) in [5.41, 5.74) is -0.564. The number of aliphatic hydroxyl groups is 1. The Bertz CT molecular complexity index is 404. The number of hydrogen-bond donors (Lipinski definition) is 1. The molecule has 1 aromatic heterocycles. The fourth-order valence-electron chi connectivity index (χ4n) is 2.93. The van der Waals surface area contributed by atoms with Crippen LogP contribution in [0.3, 0.4) is 0 Å². The molecule has 0 saturated carbocycles. The first-order chi connectivity index (χ1) is 9.02. The second kappa shape index (κ2) is 6.03. The molecule has 0 bridgehead atoms. The van der Waals surface area contributed by atoms with Crippen molar-refractivity contribution in [3.8, 4) is 0 Å². The molecule has 1 aromatic rings. The summed E-state index contributed by atoms with van der Waals surface area (Å²) in [5, 5.41) is 10.5. The van der Waals surface area contributed by atoms with Crippen LogP contribution in [0.1, 0.15) is 25.6 Å². The number of hydrogen-bond acceptors (Lipinski definition) is 4. The van der Waals surface area contributed by atoms with Crippen LogP contribution < -0.4 is 0 Å². The van der Waals surface area contributed by atoms with Gasteiger partial charge in [-0.05, 0) is 26.9 Å². The van der Waals surface area contributed by atoms with Crippen molar-refractivity contribution < 1.29 is 5.11 Å². The van der Waals surface area contributed by atoms with Crippen LogP contribution in [0.15, 0.2) is 12.4 Å². The Morgan fingerprint density at radius 1 is 1.47 bits per heavy atom. The fourth-order valence-corrected chi connectivity index (χ4v) is 2.93. The molecule has 0 aromatic carbocycles. The van der Waals surface area contributed by atoms with Crippen molar-refractivity contribution in [3.05, 3.63) is 18.2 Å². The van der Waals surface area contributed by atoms with Crippen LogP contribution in [0, 0.1) is 0 Å². The molecule has 2 heterocycles. The highest BCUT2D eigenvalue weighted by Crippen LogP contribution is 2.23. The van der Waals surface area contributed by atoms with E-state index >= 15 is 0 Å². The van der Waals surface area contributed by atoms with Crippen LogP contribution in [0.4, 0.5) is 0 Å². The van der Waals surface area contributed by atoms with Gasteiger partial charge in [0.25, 0.3) is 0 Å². The van der Waals surface area contributed by atoms with Crippen LogP contribution in [0.25, 0.3) is 0 Å². The van der Waals surface area contributed by atoms with Gasteiger partial charge >= 0.3 is 0 Å². The van der Waals surface area contributed by atoms with E-state index in [1.807, 2.05) is 26.5 Å². The predicted molar refractivity (Wildman–Crippen MR) is 75.9 cm³/mol. The smallest absolute Gasteiger partial charge is 0.122 e. The standard InChI is InChI=1S/C14H26N4O/c1-4-7-18-9-6-15-13(18)10-17-8-5-14(19,12-17)11-16(2)3/h6,9,19H,4-5,7-8,10-12H2,1-3H3. The molecule has 5 nitrogen and oxygen atoms in total. The first-order valence-electron chi connectivity index (χ1n) is 7.12. The molecular weight excluding hydrogens is 240 g/mol. The second-order valence-electron chi connectivity index (χ2n) is 5.96. The fraction of sp³-hybridized carbons (Fsp3) is 0.786. The average Bonchev–Trinajstić information content (AvgIpc) is 2.87. The molecule has 1 aliphatic rings. The van der Waals surface area contributed by atoms with E-state index in [0.717, 1.165) is 51.4 Å². The molecule has 108 valence electrons. The molecule has 0 aliphatic carbocycles. The molecule has 1 unspecified atom stereocenters. The highest BCUT2D eigenvalue weighted by molar-refractivity contribution is 4.97. The lowest BCUT2D eigenvalue weighted by Crippen LogP contribution is -2.42. The van der Waals surface area contributed by atoms with Gasteiger partial charge in [0.15, 0.2) is 0 Å². The first kappa shape index (κ1) is 14.5.